The number of aromatic nitrogens is 2. The largest absolute Gasteiger partial charge is 0.493 e. The third kappa shape index (κ3) is 3.83. The quantitative estimate of drug-likeness (QED) is 0.678. The summed E-state index contributed by atoms with van der Waals surface area (Å²) in [6.45, 7) is 4.80. The number of carbonyl (C=O) groups excluding carboxylic acids is 1. The number of nitrogens with zero attached hydrogens (tertiary/aromatic N) is 2. The highest BCUT2D eigenvalue weighted by atomic mass is 16.5. The molecule has 7 nitrogen and oxygen atoms in total. The number of carbonyl (C=O) groups is 1. The Labute approximate surface area is 162 Å². The van der Waals surface area contributed by atoms with Gasteiger partial charge in [0, 0.05) is 23.7 Å². The Morgan fingerprint density at radius 3 is 2.54 bits per heavy atom. The van der Waals surface area contributed by atoms with Crippen LogP contribution in [0.1, 0.15) is 30.8 Å². The van der Waals surface area contributed by atoms with E-state index in [1.807, 2.05) is 13.8 Å². The lowest BCUT2D eigenvalue weighted by Gasteiger charge is -2.13. The molecule has 1 heterocycles. The maximum Gasteiger partial charge on any atom is 0.276 e. The number of fused-ring (bicyclic) bond motifs is 1. The number of hydrogen-bond acceptors (Lipinski definition) is 5. The Kier molecular flexibility index (Phi) is 5.93. The maximum absolute atomic E-state index is 12.9. The number of hydrogen-bond donors (Lipinski definition) is 1. The Hall–Kier alpha value is -3.35. The van der Waals surface area contributed by atoms with Crippen molar-refractivity contribution in [2.24, 2.45) is 0 Å². The summed E-state index contributed by atoms with van der Waals surface area (Å²) in [6, 6.07) is 12.2. The van der Waals surface area contributed by atoms with Crippen molar-refractivity contribution >= 4 is 22.4 Å². The first-order valence-electron chi connectivity index (χ1n) is 9.21. The van der Waals surface area contributed by atoms with Crippen LogP contribution < -0.4 is 20.3 Å². The van der Waals surface area contributed by atoms with Gasteiger partial charge in [0.25, 0.3) is 11.5 Å². The van der Waals surface area contributed by atoms with Gasteiger partial charge in [0.1, 0.15) is 0 Å². The van der Waals surface area contributed by atoms with E-state index in [-0.39, 0.29) is 11.3 Å². The molecule has 1 amide bonds. The van der Waals surface area contributed by atoms with Crippen LogP contribution >= 0.6 is 0 Å². The lowest BCUT2D eigenvalue weighted by molar-refractivity contribution is 0.102. The van der Waals surface area contributed by atoms with Gasteiger partial charge in [-0.2, -0.15) is 5.10 Å². The molecule has 0 atom stereocenters. The van der Waals surface area contributed by atoms with Gasteiger partial charge in [-0.1, -0.05) is 25.1 Å². The third-order valence-electron chi connectivity index (χ3n) is 4.24. The molecule has 0 saturated heterocycles. The molecule has 3 rings (SSSR count). The zero-order valence-corrected chi connectivity index (χ0v) is 16.2. The highest BCUT2D eigenvalue weighted by molar-refractivity contribution is 6.11. The van der Waals surface area contributed by atoms with Crippen LogP contribution in [0.4, 0.5) is 5.69 Å². The fourth-order valence-corrected chi connectivity index (χ4v) is 2.98. The molecule has 0 saturated carbocycles. The average Bonchev–Trinajstić information content (AvgIpc) is 2.71. The molecule has 3 aromatic rings. The predicted octanol–water partition coefficient (Wildman–Crippen LogP) is 3.47. The van der Waals surface area contributed by atoms with Crippen molar-refractivity contribution in [2.75, 3.05) is 19.0 Å². The van der Waals surface area contributed by atoms with Gasteiger partial charge in [-0.3, -0.25) is 9.59 Å². The number of rotatable bonds is 7. The summed E-state index contributed by atoms with van der Waals surface area (Å²) in [4.78, 5) is 25.5. The fraction of sp³-hybridized carbons (Fsp3) is 0.286. The van der Waals surface area contributed by atoms with E-state index in [9.17, 15) is 9.59 Å². The molecule has 0 aliphatic rings. The smallest absolute Gasteiger partial charge is 0.276 e. The van der Waals surface area contributed by atoms with Crippen molar-refractivity contribution in [3.05, 3.63) is 58.5 Å². The molecule has 28 heavy (non-hydrogen) atoms. The molecular weight excluding hydrogens is 358 g/mol. The Morgan fingerprint density at radius 2 is 1.86 bits per heavy atom. The SMILES string of the molecule is CCCn1nc(C(=O)Nc2ccc(OCC)c(OC)c2)c2ccccc2c1=O. The highest BCUT2D eigenvalue weighted by Crippen LogP contribution is 2.30. The number of aryl methyl sites for hydroxylation is 1. The standard InChI is InChI=1S/C21H23N3O4/c1-4-12-24-21(26)16-9-7-6-8-15(16)19(23-24)20(25)22-14-10-11-17(28-5-2)18(13-14)27-3/h6-11,13H,4-5,12H2,1-3H3,(H,22,25). The van der Waals surface area contributed by atoms with E-state index in [1.165, 1.54) is 4.68 Å². The molecule has 0 radical (unpaired) electrons. The van der Waals surface area contributed by atoms with Crippen molar-refractivity contribution < 1.29 is 14.3 Å². The molecular formula is C21H23N3O4. The Bertz CT molecular complexity index is 1060. The zero-order chi connectivity index (χ0) is 20.1. The Morgan fingerprint density at radius 1 is 1.11 bits per heavy atom. The minimum atomic E-state index is -0.396. The first-order chi connectivity index (χ1) is 13.6. The van der Waals surface area contributed by atoms with Crippen LogP contribution in [0.15, 0.2) is 47.3 Å². The van der Waals surface area contributed by atoms with Gasteiger partial charge < -0.3 is 14.8 Å². The van der Waals surface area contributed by atoms with Crippen LogP contribution in [0, 0.1) is 0 Å². The van der Waals surface area contributed by atoms with Gasteiger partial charge in [0.05, 0.1) is 19.1 Å². The molecule has 1 aromatic heterocycles. The van der Waals surface area contributed by atoms with Crippen LogP contribution in [0.2, 0.25) is 0 Å². The Balaban J connectivity index is 2.00. The van der Waals surface area contributed by atoms with Crippen molar-refractivity contribution in [3.8, 4) is 11.5 Å². The van der Waals surface area contributed by atoms with Gasteiger partial charge in [0.15, 0.2) is 17.2 Å². The van der Waals surface area contributed by atoms with Gasteiger partial charge in [-0.05, 0) is 31.5 Å². The summed E-state index contributed by atoms with van der Waals surface area (Å²) in [5, 5.41) is 8.14. The molecule has 0 fully saturated rings. The van der Waals surface area contributed by atoms with Crippen molar-refractivity contribution in [2.45, 2.75) is 26.8 Å². The van der Waals surface area contributed by atoms with Crippen molar-refractivity contribution in [3.63, 3.8) is 0 Å². The van der Waals surface area contributed by atoms with Crippen LogP contribution in [0.25, 0.3) is 10.8 Å². The molecule has 0 spiro atoms. The van der Waals surface area contributed by atoms with Gasteiger partial charge in [0.2, 0.25) is 0 Å². The number of ether oxygens (including phenoxy) is 2. The van der Waals surface area contributed by atoms with E-state index >= 15 is 0 Å². The molecule has 2 aromatic carbocycles. The lowest BCUT2D eigenvalue weighted by Crippen LogP contribution is -2.27. The van der Waals surface area contributed by atoms with Crippen LogP contribution in [-0.2, 0) is 6.54 Å². The summed E-state index contributed by atoms with van der Waals surface area (Å²) in [5.41, 5.74) is 0.553. The molecule has 1 N–H and O–H groups in total. The molecule has 0 aliphatic heterocycles. The number of anilines is 1. The summed E-state index contributed by atoms with van der Waals surface area (Å²) < 4.78 is 12.2. The van der Waals surface area contributed by atoms with Crippen LogP contribution in [-0.4, -0.2) is 29.4 Å². The average molecular weight is 381 g/mol. The molecule has 7 heteroatoms. The third-order valence-corrected chi connectivity index (χ3v) is 4.24. The first-order valence-corrected chi connectivity index (χ1v) is 9.21. The minimum Gasteiger partial charge on any atom is -0.493 e. The van der Waals surface area contributed by atoms with E-state index in [0.717, 1.165) is 6.42 Å². The van der Waals surface area contributed by atoms with Crippen molar-refractivity contribution in [1.29, 1.82) is 0 Å². The second-order valence-corrected chi connectivity index (χ2v) is 6.18. The minimum absolute atomic E-state index is 0.197. The number of benzene rings is 2. The lowest BCUT2D eigenvalue weighted by atomic mass is 10.1. The second kappa shape index (κ2) is 8.56. The molecule has 0 aliphatic carbocycles. The first kappa shape index (κ1) is 19.4. The van der Waals surface area contributed by atoms with Gasteiger partial charge >= 0.3 is 0 Å². The van der Waals surface area contributed by atoms with E-state index in [0.29, 0.717) is 41.1 Å². The summed E-state index contributed by atoms with van der Waals surface area (Å²) in [6.07, 6.45) is 0.738. The maximum atomic E-state index is 12.9. The molecule has 0 bridgehead atoms. The topological polar surface area (TPSA) is 82.5 Å². The summed E-state index contributed by atoms with van der Waals surface area (Å²) in [5.74, 6) is 0.726. The summed E-state index contributed by atoms with van der Waals surface area (Å²) in [7, 11) is 1.54. The zero-order valence-electron chi connectivity index (χ0n) is 16.2. The van der Waals surface area contributed by atoms with Crippen LogP contribution in [0.3, 0.4) is 0 Å². The molecule has 146 valence electrons. The van der Waals surface area contributed by atoms with E-state index in [2.05, 4.69) is 10.4 Å². The predicted molar refractivity (Wildman–Crippen MR) is 108 cm³/mol. The monoisotopic (exact) mass is 381 g/mol. The number of amides is 1. The van der Waals surface area contributed by atoms with Crippen molar-refractivity contribution in [1.82, 2.24) is 9.78 Å². The second-order valence-electron chi connectivity index (χ2n) is 6.18. The van der Waals surface area contributed by atoms with E-state index in [1.54, 1.807) is 49.6 Å². The summed E-state index contributed by atoms with van der Waals surface area (Å²) >= 11 is 0. The van der Waals surface area contributed by atoms with E-state index < -0.39 is 5.91 Å². The van der Waals surface area contributed by atoms with E-state index in [4.69, 9.17) is 9.47 Å². The van der Waals surface area contributed by atoms with Gasteiger partial charge in [-0.15, -0.1) is 0 Å². The fourth-order valence-electron chi connectivity index (χ4n) is 2.98. The highest BCUT2D eigenvalue weighted by Gasteiger charge is 2.17. The number of nitrogens with one attached hydrogen (secondary N) is 1. The normalized spacial score (nSPS) is 10.7. The van der Waals surface area contributed by atoms with Gasteiger partial charge in [-0.25, -0.2) is 4.68 Å². The van der Waals surface area contributed by atoms with Crippen LogP contribution in [0.5, 0.6) is 11.5 Å². The molecule has 0 unspecified atom stereocenters. The number of methoxy groups -OCH3 is 1.